The Morgan fingerprint density at radius 3 is 1.90 bits per heavy atom. The highest BCUT2D eigenvalue weighted by Crippen LogP contribution is 2.44. The van der Waals surface area contributed by atoms with Crippen LogP contribution in [0, 0.1) is 0 Å². The van der Waals surface area contributed by atoms with E-state index in [0.29, 0.717) is 34.9 Å². The molecule has 0 bridgehead atoms. The van der Waals surface area contributed by atoms with Crippen LogP contribution in [0.15, 0.2) is 168 Å². The van der Waals surface area contributed by atoms with Crippen molar-refractivity contribution in [3.63, 3.8) is 0 Å². The number of thiophene rings is 1. The Bertz CT molecular complexity index is 2780. The summed E-state index contributed by atoms with van der Waals surface area (Å²) in [6.07, 6.45) is 9.92. The second-order valence-corrected chi connectivity index (χ2v) is 14.0. The molecule has 5 nitrogen and oxygen atoms in total. The number of nitrogens with zero attached hydrogens (tertiary/aromatic N) is 4. The third-order valence-corrected chi connectivity index (χ3v) is 11.0. The van der Waals surface area contributed by atoms with Gasteiger partial charge in [0.25, 0.3) is 0 Å². The van der Waals surface area contributed by atoms with E-state index in [9.17, 15) is 0 Å². The molecular weight excluding hydrogens is 657 g/mol. The van der Waals surface area contributed by atoms with E-state index in [1.165, 1.54) is 31.3 Å². The van der Waals surface area contributed by atoms with Crippen LogP contribution in [0.2, 0.25) is 0 Å². The molecule has 6 heteroatoms. The molecule has 1 aliphatic rings. The highest BCUT2D eigenvalue weighted by Gasteiger charge is 2.19. The summed E-state index contributed by atoms with van der Waals surface area (Å²) in [5.74, 6) is 2.79. The normalized spacial score (nSPS) is 14.1. The van der Waals surface area contributed by atoms with Crippen LogP contribution in [0.4, 0.5) is 0 Å². The van der Waals surface area contributed by atoms with E-state index in [1.807, 2.05) is 90.2 Å². The summed E-state index contributed by atoms with van der Waals surface area (Å²) in [5.41, 5.74) is 8.81. The second kappa shape index (κ2) is 12.7. The monoisotopic (exact) mass is 686 g/mol. The van der Waals surface area contributed by atoms with Crippen molar-refractivity contribution in [2.75, 3.05) is 0 Å². The number of oxazole rings is 1. The molecule has 0 amide bonds. The lowest BCUT2D eigenvalue weighted by molar-refractivity contribution is 0.620. The molecule has 9 aromatic rings. The molecule has 3 aromatic heterocycles. The molecule has 0 aliphatic heterocycles. The fourth-order valence-corrected chi connectivity index (χ4v) is 8.53. The summed E-state index contributed by atoms with van der Waals surface area (Å²) >= 11 is 1.89. The summed E-state index contributed by atoms with van der Waals surface area (Å²) in [4.78, 5) is 19.6. The van der Waals surface area contributed by atoms with Crippen LogP contribution in [-0.2, 0) is 0 Å². The molecule has 246 valence electrons. The molecule has 0 fully saturated rings. The summed E-state index contributed by atoms with van der Waals surface area (Å²) in [5, 5.41) is 2.61. The first-order valence-electron chi connectivity index (χ1n) is 17.4. The van der Waals surface area contributed by atoms with Crippen LogP contribution in [0.5, 0.6) is 0 Å². The maximum atomic E-state index is 6.37. The Morgan fingerprint density at radius 2 is 1.17 bits per heavy atom. The third-order valence-electron chi connectivity index (χ3n) is 9.70. The van der Waals surface area contributed by atoms with Gasteiger partial charge in [0, 0.05) is 48.3 Å². The van der Waals surface area contributed by atoms with Crippen molar-refractivity contribution in [1.82, 2.24) is 19.9 Å². The minimum absolute atomic E-state index is 0.398. The molecule has 6 aromatic carbocycles. The van der Waals surface area contributed by atoms with Crippen molar-refractivity contribution in [2.45, 2.75) is 12.3 Å². The first-order valence-corrected chi connectivity index (χ1v) is 18.2. The van der Waals surface area contributed by atoms with Crippen LogP contribution in [0.1, 0.15) is 17.9 Å². The zero-order valence-corrected chi connectivity index (χ0v) is 28.8. The molecule has 0 saturated carbocycles. The average Bonchev–Trinajstić information content (AvgIpc) is 3.83. The molecule has 1 unspecified atom stereocenters. The van der Waals surface area contributed by atoms with Gasteiger partial charge in [0.05, 0.1) is 0 Å². The zero-order valence-electron chi connectivity index (χ0n) is 28.0. The molecule has 0 radical (unpaired) electrons. The molecule has 0 spiro atoms. The fraction of sp³-hybridized carbons (Fsp3) is 0.0435. The van der Waals surface area contributed by atoms with E-state index < -0.39 is 0 Å². The third kappa shape index (κ3) is 5.41. The van der Waals surface area contributed by atoms with Gasteiger partial charge in [-0.25, -0.2) is 19.9 Å². The standard InChI is InChI=1S/C46H30N4OS/c1-4-13-29(14-5-1)35-21-11-23-37-38-24-12-22-36(42(38)52-41(35)37)32-19-10-20-34(27-32)46-47-39-28-33(25-26-40(39)51-46)45-49-43(30-15-6-2-7-16-30)48-44(50-45)31-17-8-3-9-18-31/h1-13,15-29H,14H2. The van der Waals surface area contributed by atoms with Crippen molar-refractivity contribution in [2.24, 2.45) is 0 Å². The summed E-state index contributed by atoms with van der Waals surface area (Å²) < 4.78 is 9.03. The lowest BCUT2D eigenvalue weighted by Gasteiger charge is -2.14. The molecule has 10 rings (SSSR count). The Labute approximate surface area is 304 Å². The number of hydrogen-bond donors (Lipinski definition) is 0. The fourth-order valence-electron chi connectivity index (χ4n) is 7.12. The van der Waals surface area contributed by atoms with Gasteiger partial charge in [-0.2, -0.15) is 0 Å². The molecule has 1 aliphatic carbocycles. The van der Waals surface area contributed by atoms with Gasteiger partial charge in [-0.15, -0.1) is 11.3 Å². The van der Waals surface area contributed by atoms with Gasteiger partial charge in [0.2, 0.25) is 5.89 Å². The van der Waals surface area contributed by atoms with Crippen molar-refractivity contribution >= 4 is 42.6 Å². The number of allylic oxidation sites excluding steroid dienone is 4. The molecule has 1 atom stereocenters. The second-order valence-electron chi connectivity index (χ2n) is 13.0. The minimum atomic E-state index is 0.398. The van der Waals surface area contributed by atoms with E-state index in [1.54, 1.807) is 0 Å². The van der Waals surface area contributed by atoms with Crippen LogP contribution in [-0.4, -0.2) is 19.9 Å². The predicted molar refractivity (Wildman–Crippen MR) is 213 cm³/mol. The van der Waals surface area contributed by atoms with E-state index >= 15 is 0 Å². The molecule has 3 heterocycles. The first-order chi connectivity index (χ1) is 25.7. The predicted octanol–water partition coefficient (Wildman–Crippen LogP) is 12.3. The quantitative estimate of drug-likeness (QED) is 0.174. The Kier molecular flexibility index (Phi) is 7.40. The SMILES string of the molecule is C1=CCC(c2cccc3c2sc2c(-c4cccc(-c5nc6cc(-c7nc(-c8ccccc8)nc(-c8ccccc8)n7)ccc6o5)c4)cccc23)C=C1. The maximum absolute atomic E-state index is 6.37. The lowest BCUT2D eigenvalue weighted by Crippen LogP contribution is -2.00. The Hall–Kier alpha value is -6.50. The van der Waals surface area contributed by atoms with Gasteiger partial charge in [0.15, 0.2) is 23.1 Å². The number of benzene rings is 6. The van der Waals surface area contributed by atoms with Gasteiger partial charge in [-0.1, -0.05) is 133 Å². The van der Waals surface area contributed by atoms with Crippen molar-refractivity contribution in [3.8, 4) is 56.7 Å². The highest BCUT2D eigenvalue weighted by atomic mass is 32.1. The number of aromatic nitrogens is 4. The van der Waals surface area contributed by atoms with Crippen LogP contribution in [0.3, 0.4) is 0 Å². The summed E-state index contributed by atoms with van der Waals surface area (Å²) in [6, 6.07) is 47.8. The van der Waals surface area contributed by atoms with Crippen molar-refractivity contribution < 1.29 is 4.42 Å². The molecule has 0 N–H and O–H groups in total. The Balaban J connectivity index is 1.03. The lowest BCUT2D eigenvalue weighted by atomic mass is 9.91. The van der Waals surface area contributed by atoms with Crippen LogP contribution < -0.4 is 0 Å². The minimum Gasteiger partial charge on any atom is -0.436 e. The number of fused-ring (bicyclic) bond motifs is 4. The summed E-state index contributed by atoms with van der Waals surface area (Å²) in [7, 11) is 0. The zero-order chi connectivity index (χ0) is 34.4. The number of hydrogen-bond acceptors (Lipinski definition) is 6. The average molecular weight is 687 g/mol. The van der Waals surface area contributed by atoms with Gasteiger partial charge in [-0.3, -0.25) is 0 Å². The molecular formula is C46H30N4OS. The smallest absolute Gasteiger partial charge is 0.227 e. The van der Waals surface area contributed by atoms with E-state index in [4.69, 9.17) is 24.4 Å². The van der Waals surface area contributed by atoms with Gasteiger partial charge < -0.3 is 4.42 Å². The van der Waals surface area contributed by atoms with Crippen LogP contribution >= 0.6 is 11.3 Å². The number of rotatable bonds is 6. The van der Waals surface area contributed by atoms with Crippen molar-refractivity contribution in [3.05, 3.63) is 169 Å². The van der Waals surface area contributed by atoms with Gasteiger partial charge in [0.1, 0.15) is 5.52 Å². The summed E-state index contributed by atoms with van der Waals surface area (Å²) in [6.45, 7) is 0. The first kappa shape index (κ1) is 30.3. The topological polar surface area (TPSA) is 64.7 Å². The van der Waals surface area contributed by atoms with Gasteiger partial charge in [-0.05, 0) is 53.4 Å². The maximum Gasteiger partial charge on any atom is 0.227 e. The largest absolute Gasteiger partial charge is 0.436 e. The van der Waals surface area contributed by atoms with Crippen LogP contribution in [0.25, 0.3) is 88.0 Å². The van der Waals surface area contributed by atoms with E-state index in [-0.39, 0.29) is 0 Å². The van der Waals surface area contributed by atoms with Gasteiger partial charge >= 0.3 is 0 Å². The van der Waals surface area contributed by atoms with Crippen molar-refractivity contribution in [1.29, 1.82) is 0 Å². The highest BCUT2D eigenvalue weighted by molar-refractivity contribution is 7.26. The van der Waals surface area contributed by atoms with E-state index in [2.05, 4.69) is 85.0 Å². The Morgan fingerprint density at radius 1 is 0.519 bits per heavy atom. The van der Waals surface area contributed by atoms with E-state index in [0.717, 1.165) is 39.8 Å². The molecule has 52 heavy (non-hydrogen) atoms. The molecule has 0 saturated heterocycles.